The average molecular weight is 316 g/mol. The van der Waals surface area contributed by atoms with Crippen molar-refractivity contribution in [1.82, 2.24) is 0 Å². The van der Waals surface area contributed by atoms with Gasteiger partial charge in [-0.25, -0.2) is 4.79 Å². The Morgan fingerprint density at radius 2 is 1.52 bits per heavy atom. The fourth-order valence-electron chi connectivity index (χ4n) is 1.85. The molecule has 120 valence electrons. The fourth-order valence-corrected chi connectivity index (χ4v) is 1.85. The molecular weight excluding hydrogens is 300 g/mol. The maximum atomic E-state index is 11.3. The molecule has 0 radical (unpaired) electrons. The van der Waals surface area contributed by atoms with E-state index in [1.807, 2.05) is 0 Å². The van der Waals surface area contributed by atoms with Crippen molar-refractivity contribution in [3.05, 3.63) is 59.7 Å². The lowest BCUT2D eigenvalue weighted by atomic mass is 10.2. The Kier molecular flexibility index (Phi) is 5.32. The van der Waals surface area contributed by atoms with Crippen molar-refractivity contribution in [1.29, 1.82) is 0 Å². The molecule has 0 spiro atoms. The van der Waals surface area contributed by atoms with Crippen LogP contribution in [0.15, 0.2) is 48.5 Å². The van der Waals surface area contributed by atoms with E-state index in [4.69, 9.17) is 9.47 Å². The zero-order valence-electron chi connectivity index (χ0n) is 12.7. The third kappa shape index (κ3) is 4.55. The van der Waals surface area contributed by atoms with Crippen LogP contribution in [0.25, 0.3) is 0 Å². The number of hydrogen-bond donors (Lipinski definition) is 1. The second-order valence-corrected chi connectivity index (χ2v) is 4.65. The van der Waals surface area contributed by atoms with Gasteiger partial charge in [-0.1, -0.05) is 0 Å². The zero-order chi connectivity index (χ0) is 16.8. The van der Waals surface area contributed by atoms with Crippen molar-refractivity contribution >= 4 is 11.9 Å². The van der Waals surface area contributed by atoms with Crippen LogP contribution in [0.4, 0.5) is 0 Å². The van der Waals surface area contributed by atoms with Gasteiger partial charge in [-0.2, -0.15) is 0 Å². The van der Waals surface area contributed by atoms with Crippen LogP contribution < -0.4 is 9.47 Å². The molecule has 1 atom stereocenters. The Morgan fingerprint density at radius 1 is 0.957 bits per heavy atom. The second kappa shape index (κ2) is 7.42. The molecule has 0 bridgehead atoms. The van der Waals surface area contributed by atoms with E-state index in [1.165, 1.54) is 26.2 Å². The normalized spacial score (nSPS) is 11.4. The SMILES string of the molecule is COC(=O)c1ccc(OC(O)c2ccc(OC(C)=O)cc2)cc1. The molecule has 0 amide bonds. The number of hydrogen-bond acceptors (Lipinski definition) is 6. The monoisotopic (exact) mass is 316 g/mol. The van der Waals surface area contributed by atoms with E-state index < -0.39 is 18.2 Å². The van der Waals surface area contributed by atoms with E-state index in [2.05, 4.69) is 4.74 Å². The van der Waals surface area contributed by atoms with Crippen LogP contribution in [-0.2, 0) is 9.53 Å². The highest BCUT2D eigenvalue weighted by Crippen LogP contribution is 2.22. The molecule has 0 aromatic heterocycles. The molecule has 2 aromatic carbocycles. The minimum Gasteiger partial charge on any atom is -0.465 e. The molecule has 0 heterocycles. The van der Waals surface area contributed by atoms with Crippen molar-refractivity contribution in [3.63, 3.8) is 0 Å². The molecule has 1 N–H and O–H groups in total. The highest BCUT2D eigenvalue weighted by atomic mass is 16.6. The molecule has 6 nitrogen and oxygen atoms in total. The summed E-state index contributed by atoms with van der Waals surface area (Å²) < 4.78 is 14.9. The largest absolute Gasteiger partial charge is 0.465 e. The van der Waals surface area contributed by atoms with Gasteiger partial charge < -0.3 is 19.3 Å². The number of aliphatic hydroxyl groups is 1. The maximum absolute atomic E-state index is 11.3. The van der Waals surface area contributed by atoms with Gasteiger partial charge in [0.2, 0.25) is 6.29 Å². The number of esters is 2. The van der Waals surface area contributed by atoms with Gasteiger partial charge in [0.05, 0.1) is 12.7 Å². The Labute approximate surface area is 133 Å². The summed E-state index contributed by atoms with van der Waals surface area (Å²) in [5.74, 6) is -0.0801. The molecule has 0 aliphatic rings. The standard InChI is InChI=1S/C17H16O6/c1-11(18)22-14-7-5-13(6-8-14)17(20)23-15-9-3-12(4-10-15)16(19)21-2/h3-10,17,20H,1-2H3. The summed E-state index contributed by atoms with van der Waals surface area (Å²) in [6.07, 6.45) is -1.19. The lowest BCUT2D eigenvalue weighted by molar-refractivity contribution is -0.131. The number of carbonyl (C=O) groups is 2. The first-order chi connectivity index (χ1) is 11.0. The van der Waals surface area contributed by atoms with Gasteiger partial charge in [0.1, 0.15) is 11.5 Å². The second-order valence-electron chi connectivity index (χ2n) is 4.65. The van der Waals surface area contributed by atoms with Crippen LogP contribution in [0.3, 0.4) is 0 Å². The molecule has 2 aromatic rings. The Bertz CT molecular complexity index is 675. The van der Waals surface area contributed by atoms with Crippen molar-refractivity contribution in [2.75, 3.05) is 7.11 Å². The van der Waals surface area contributed by atoms with Gasteiger partial charge >= 0.3 is 11.9 Å². The number of benzene rings is 2. The summed E-state index contributed by atoms with van der Waals surface area (Å²) in [6, 6.07) is 12.5. The molecule has 0 aliphatic carbocycles. The van der Waals surface area contributed by atoms with Crippen molar-refractivity contribution in [2.24, 2.45) is 0 Å². The van der Waals surface area contributed by atoms with Crippen LogP contribution in [0.1, 0.15) is 29.1 Å². The molecule has 0 saturated heterocycles. The lowest BCUT2D eigenvalue weighted by Crippen LogP contribution is -2.07. The quantitative estimate of drug-likeness (QED) is 0.518. The van der Waals surface area contributed by atoms with E-state index in [0.717, 1.165) is 0 Å². The molecule has 6 heteroatoms. The van der Waals surface area contributed by atoms with Crippen molar-refractivity contribution in [3.8, 4) is 11.5 Å². The van der Waals surface area contributed by atoms with Crippen LogP contribution in [0.2, 0.25) is 0 Å². The minimum absolute atomic E-state index is 0.385. The summed E-state index contributed by atoms with van der Waals surface area (Å²) in [7, 11) is 1.30. The van der Waals surface area contributed by atoms with E-state index in [0.29, 0.717) is 22.6 Å². The van der Waals surface area contributed by atoms with Gasteiger partial charge in [-0.15, -0.1) is 0 Å². The number of aliphatic hydroxyl groups excluding tert-OH is 1. The third-order valence-corrected chi connectivity index (χ3v) is 2.95. The van der Waals surface area contributed by atoms with Gasteiger partial charge in [0, 0.05) is 12.5 Å². The summed E-state index contributed by atoms with van der Waals surface area (Å²) >= 11 is 0. The van der Waals surface area contributed by atoms with E-state index in [9.17, 15) is 14.7 Å². The third-order valence-electron chi connectivity index (χ3n) is 2.95. The van der Waals surface area contributed by atoms with E-state index >= 15 is 0 Å². The molecule has 23 heavy (non-hydrogen) atoms. The molecular formula is C17H16O6. The first-order valence-corrected chi connectivity index (χ1v) is 6.81. The molecule has 2 rings (SSSR count). The van der Waals surface area contributed by atoms with Crippen LogP contribution in [0.5, 0.6) is 11.5 Å². The fraction of sp³-hybridized carbons (Fsp3) is 0.176. The number of carbonyl (C=O) groups excluding carboxylic acids is 2. The Hall–Kier alpha value is -2.86. The summed E-state index contributed by atoms with van der Waals surface area (Å²) in [6.45, 7) is 1.31. The molecule has 0 saturated carbocycles. The molecule has 1 unspecified atom stereocenters. The highest BCUT2D eigenvalue weighted by molar-refractivity contribution is 5.89. The van der Waals surface area contributed by atoms with Gasteiger partial charge in [-0.05, 0) is 48.5 Å². The molecule has 0 fully saturated rings. The van der Waals surface area contributed by atoms with Gasteiger partial charge in [-0.3, -0.25) is 4.79 Å². The Morgan fingerprint density at radius 3 is 2.04 bits per heavy atom. The van der Waals surface area contributed by atoms with Crippen LogP contribution in [0, 0.1) is 0 Å². The number of rotatable bonds is 5. The predicted molar refractivity (Wildman–Crippen MR) is 81.1 cm³/mol. The topological polar surface area (TPSA) is 82.1 Å². The van der Waals surface area contributed by atoms with E-state index in [-0.39, 0.29) is 0 Å². The average Bonchev–Trinajstić information content (AvgIpc) is 2.55. The summed E-state index contributed by atoms with van der Waals surface area (Å²) in [5, 5.41) is 10.0. The first kappa shape index (κ1) is 16.5. The van der Waals surface area contributed by atoms with Crippen LogP contribution >= 0.6 is 0 Å². The Balaban J connectivity index is 2.02. The van der Waals surface area contributed by atoms with Crippen molar-refractivity contribution < 1.29 is 28.9 Å². The first-order valence-electron chi connectivity index (χ1n) is 6.81. The number of ether oxygens (including phenoxy) is 3. The van der Waals surface area contributed by atoms with Crippen LogP contribution in [-0.4, -0.2) is 24.2 Å². The summed E-state index contributed by atoms with van der Waals surface area (Å²) in [4.78, 5) is 22.2. The van der Waals surface area contributed by atoms with E-state index in [1.54, 1.807) is 36.4 Å². The summed E-state index contributed by atoms with van der Waals surface area (Å²) in [5.41, 5.74) is 0.887. The smallest absolute Gasteiger partial charge is 0.337 e. The predicted octanol–water partition coefficient (Wildman–Crippen LogP) is 2.47. The van der Waals surface area contributed by atoms with Crippen molar-refractivity contribution in [2.45, 2.75) is 13.2 Å². The minimum atomic E-state index is -1.19. The maximum Gasteiger partial charge on any atom is 0.337 e. The molecule has 0 aliphatic heterocycles. The zero-order valence-corrected chi connectivity index (χ0v) is 12.7. The lowest BCUT2D eigenvalue weighted by Gasteiger charge is -2.14. The van der Waals surface area contributed by atoms with Gasteiger partial charge in [0.15, 0.2) is 0 Å². The number of methoxy groups -OCH3 is 1. The van der Waals surface area contributed by atoms with Gasteiger partial charge in [0.25, 0.3) is 0 Å². The highest BCUT2D eigenvalue weighted by Gasteiger charge is 2.11.